The number of nitrogens with one attached hydrogen (secondary N) is 1. The van der Waals surface area contributed by atoms with Crippen LogP contribution in [0.15, 0.2) is 48.5 Å². The number of halogens is 1. The molecule has 0 aromatic heterocycles. The highest BCUT2D eigenvalue weighted by atomic mass is 19.1. The summed E-state index contributed by atoms with van der Waals surface area (Å²) in [5.74, 6) is -3.41. The van der Waals surface area contributed by atoms with E-state index in [1.54, 1.807) is 18.2 Å². The Hall–Kier alpha value is -3.55. The molecule has 8 heteroatoms. The zero-order valence-electron chi connectivity index (χ0n) is 14.3. The number of carbonyl (C=O) groups is 4. The molecule has 0 unspecified atom stereocenters. The van der Waals surface area contributed by atoms with Gasteiger partial charge in [0.15, 0.2) is 6.10 Å². The molecule has 1 aliphatic rings. The van der Waals surface area contributed by atoms with Gasteiger partial charge >= 0.3 is 5.97 Å². The molecule has 0 bridgehead atoms. The molecule has 1 N–H and O–H groups in total. The minimum absolute atomic E-state index is 0.220. The van der Waals surface area contributed by atoms with Crippen molar-refractivity contribution in [3.05, 3.63) is 59.9 Å². The quantitative estimate of drug-likeness (QED) is 0.641. The largest absolute Gasteiger partial charge is 0.451 e. The minimum atomic E-state index is -1.15. The molecule has 1 aliphatic heterocycles. The maximum absolute atomic E-state index is 12.9. The van der Waals surface area contributed by atoms with Crippen LogP contribution in [0.4, 0.5) is 15.8 Å². The van der Waals surface area contributed by atoms with Crippen LogP contribution in [0.5, 0.6) is 0 Å². The predicted molar refractivity (Wildman–Crippen MR) is 93.7 cm³/mol. The summed E-state index contributed by atoms with van der Waals surface area (Å²) in [6.07, 6.45) is -1.15. The lowest BCUT2D eigenvalue weighted by atomic mass is 10.1. The zero-order chi connectivity index (χ0) is 19.6. The molecule has 3 rings (SSSR count). The molecule has 1 atom stereocenters. The number of rotatable bonds is 5. The fraction of sp³-hybridized carbons (Fsp3) is 0.158. The Labute approximate surface area is 153 Å². The van der Waals surface area contributed by atoms with Gasteiger partial charge in [0, 0.05) is 5.69 Å². The van der Waals surface area contributed by atoms with E-state index in [-0.39, 0.29) is 5.56 Å². The summed E-state index contributed by atoms with van der Waals surface area (Å²) in [5.41, 5.74) is 0.892. The second-order valence-corrected chi connectivity index (χ2v) is 5.87. The van der Waals surface area contributed by atoms with Crippen LogP contribution in [0.2, 0.25) is 0 Å². The van der Waals surface area contributed by atoms with E-state index in [9.17, 15) is 23.6 Å². The molecular weight excluding hydrogens is 355 g/mol. The van der Waals surface area contributed by atoms with E-state index in [2.05, 4.69) is 5.32 Å². The number of nitrogens with zero attached hydrogens (tertiary/aromatic N) is 1. The van der Waals surface area contributed by atoms with Crippen LogP contribution in [0.25, 0.3) is 0 Å². The monoisotopic (exact) mass is 370 g/mol. The van der Waals surface area contributed by atoms with Crippen LogP contribution in [0.3, 0.4) is 0 Å². The first-order chi connectivity index (χ1) is 12.9. The van der Waals surface area contributed by atoms with E-state index in [1.165, 1.54) is 37.3 Å². The average molecular weight is 370 g/mol. The van der Waals surface area contributed by atoms with E-state index in [4.69, 9.17) is 4.74 Å². The van der Waals surface area contributed by atoms with Gasteiger partial charge in [-0.1, -0.05) is 12.1 Å². The van der Waals surface area contributed by atoms with E-state index >= 15 is 0 Å². The van der Waals surface area contributed by atoms with Gasteiger partial charge in [-0.3, -0.25) is 24.1 Å². The number of fused-ring (bicyclic) bond motifs is 1. The lowest BCUT2D eigenvalue weighted by Gasteiger charge is -2.18. The number of benzene rings is 2. The second-order valence-electron chi connectivity index (χ2n) is 5.87. The topological polar surface area (TPSA) is 92.8 Å². The third kappa shape index (κ3) is 3.84. The molecule has 7 nitrogen and oxygen atoms in total. The van der Waals surface area contributed by atoms with Gasteiger partial charge in [0.25, 0.3) is 17.6 Å². The van der Waals surface area contributed by atoms with Gasteiger partial charge in [0.05, 0.1) is 11.3 Å². The van der Waals surface area contributed by atoms with Crippen LogP contribution >= 0.6 is 0 Å². The fourth-order valence-corrected chi connectivity index (χ4v) is 2.60. The summed E-state index contributed by atoms with van der Waals surface area (Å²) >= 11 is 0. The number of hydrogen-bond acceptors (Lipinski definition) is 5. The van der Waals surface area contributed by atoms with Crippen molar-refractivity contribution in [1.29, 1.82) is 0 Å². The van der Waals surface area contributed by atoms with Crippen molar-refractivity contribution in [3.63, 3.8) is 0 Å². The van der Waals surface area contributed by atoms with E-state index in [1.807, 2.05) is 0 Å². The predicted octanol–water partition coefficient (Wildman–Crippen LogP) is 1.93. The Morgan fingerprint density at radius 2 is 1.78 bits per heavy atom. The molecule has 2 aromatic rings. The smallest absolute Gasteiger partial charge is 0.326 e. The van der Waals surface area contributed by atoms with Gasteiger partial charge in [0.1, 0.15) is 12.4 Å². The van der Waals surface area contributed by atoms with Gasteiger partial charge in [0.2, 0.25) is 0 Å². The molecule has 0 radical (unpaired) electrons. The van der Waals surface area contributed by atoms with Crippen molar-refractivity contribution in [2.24, 2.45) is 0 Å². The van der Waals surface area contributed by atoms with Gasteiger partial charge in [-0.15, -0.1) is 0 Å². The van der Waals surface area contributed by atoms with Crippen LogP contribution < -0.4 is 10.2 Å². The van der Waals surface area contributed by atoms with Crippen LogP contribution in [0.1, 0.15) is 17.3 Å². The maximum Gasteiger partial charge on any atom is 0.326 e. The first kappa shape index (κ1) is 18.2. The molecular formula is C19H15FN2O5. The molecule has 1 heterocycles. The molecule has 0 aliphatic carbocycles. The standard InChI is InChI=1S/C19H15FN2O5/c1-11(18(25)21-13-8-6-12(20)7-9-13)27-16(23)10-22-15-5-3-2-4-14(15)17(24)19(22)26/h2-9,11H,10H2,1H3,(H,21,25)/t11-/m0/s1. The number of ether oxygens (including phenoxy) is 1. The highest BCUT2D eigenvalue weighted by molar-refractivity contribution is 6.52. The Morgan fingerprint density at radius 3 is 2.48 bits per heavy atom. The first-order valence-corrected chi connectivity index (χ1v) is 8.08. The lowest BCUT2D eigenvalue weighted by Crippen LogP contribution is -2.38. The summed E-state index contributed by atoms with van der Waals surface area (Å²) in [7, 11) is 0. The van der Waals surface area contributed by atoms with Crippen molar-refractivity contribution in [3.8, 4) is 0 Å². The molecule has 27 heavy (non-hydrogen) atoms. The number of hydrogen-bond donors (Lipinski definition) is 1. The van der Waals surface area contributed by atoms with Gasteiger partial charge in [-0.2, -0.15) is 0 Å². The molecule has 0 fully saturated rings. The molecule has 0 saturated heterocycles. The summed E-state index contributed by atoms with van der Waals surface area (Å²) in [5, 5.41) is 2.48. The zero-order valence-corrected chi connectivity index (χ0v) is 14.3. The van der Waals surface area contributed by atoms with Crippen molar-refractivity contribution in [1.82, 2.24) is 0 Å². The van der Waals surface area contributed by atoms with Gasteiger partial charge < -0.3 is 10.1 Å². The Morgan fingerprint density at radius 1 is 1.11 bits per heavy atom. The van der Waals surface area contributed by atoms with Crippen molar-refractivity contribution in [2.45, 2.75) is 13.0 Å². The number of ketones is 1. The lowest BCUT2D eigenvalue weighted by molar-refractivity contribution is -0.152. The number of Topliss-reactive ketones (excluding diaryl/α,β-unsaturated/α-hetero) is 1. The minimum Gasteiger partial charge on any atom is -0.451 e. The molecule has 2 aromatic carbocycles. The SMILES string of the molecule is C[C@H](OC(=O)CN1C(=O)C(=O)c2ccccc21)C(=O)Nc1ccc(F)cc1. The number of para-hydroxylation sites is 1. The Bertz CT molecular complexity index is 926. The molecule has 0 spiro atoms. The summed E-state index contributed by atoms with van der Waals surface area (Å²) in [6.45, 7) is 0.872. The number of carbonyl (C=O) groups excluding carboxylic acids is 4. The van der Waals surface area contributed by atoms with Crippen LogP contribution in [-0.2, 0) is 19.1 Å². The average Bonchev–Trinajstić information content (AvgIpc) is 2.89. The van der Waals surface area contributed by atoms with Crippen LogP contribution in [-0.4, -0.2) is 36.2 Å². The highest BCUT2D eigenvalue weighted by Gasteiger charge is 2.37. The Kier molecular flexibility index (Phi) is 4.98. The van der Waals surface area contributed by atoms with Crippen LogP contribution in [0, 0.1) is 5.82 Å². The van der Waals surface area contributed by atoms with E-state index in [0.717, 1.165) is 4.90 Å². The maximum atomic E-state index is 12.9. The molecule has 138 valence electrons. The summed E-state index contributed by atoms with van der Waals surface area (Å²) < 4.78 is 17.9. The van der Waals surface area contributed by atoms with Crippen molar-refractivity contribution >= 4 is 34.9 Å². The Balaban J connectivity index is 1.60. The van der Waals surface area contributed by atoms with E-state index < -0.39 is 42.0 Å². The van der Waals surface area contributed by atoms with Gasteiger partial charge in [-0.25, -0.2) is 4.39 Å². The third-order valence-corrected chi connectivity index (χ3v) is 3.96. The normalized spacial score (nSPS) is 13.9. The molecule has 0 saturated carbocycles. The first-order valence-electron chi connectivity index (χ1n) is 8.08. The fourth-order valence-electron chi connectivity index (χ4n) is 2.60. The highest BCUT2D eigenvalue weighted by Crippen LogP contribution is 2.28. The number of amides is 2. The second kappa shape index (κ2) is 7.36. The van der Waals surface area contributed by atoms with Gasteiger partial charge in [-0.05, 0) is 43.3 Å². The summed E-state index contributed by atoms with van der Waals surface area (Å²) in [6, 6.07) is 11.4. The molecule has 2 amide bonds. The number of anilines is 2. The van der Waals surface area contributed by atoms with E-state index in [0.29, 0.717) is 11.4 Å². The number of esters is 1. The van der Waals surface area contributed by atoms with Crippen molar-refractivity contribution < 1.29 is 28.3 Å². The third-order valence-electron chi connectivity index (χ3n) is 3.96. The van der Waals surface area contributed by atoms with Crippen molar-refractivity contribution in [2.75, 3.05) is 16.8 Å². The summed E-state index contributed by atoms with van der Waals surface area (Å²) in [4.78, 5) is 49.2.